The summed E-state index contributed by atoms with van der Waals surface area (Å²) in [7, 11) is 1.79. The topological polar surface area (TPSA) is 51.4 Å². The zero-order chi connectivity index (χ0) is 13.0. The summed E-state index contributed by atoms with van der Waals surface area (Å²) in [4.78, 5) is 6.99. The maximum absolute atomic E-state index is 5.88. The average Bonchev–Trinajstić information content (AvgIpc) is 2.39. The molecule has 1 aromatic heterocycles. The summed E-state index contributed by atoms with van der Waals surface area (Å²) in [5.74, 6) is 0. The molecular formula is C14H23N3O. The molecule has 1 aromatic rings. The van der Waals surface area contributed by atoms with Crippen molar-refractivity contribution in [2.75, 3.05) is 20.2 Å². The number of aryl methyl sites for hydroxylation is 1. The highest BCUT2D eigenvalue weighted by Crippen LogP contribution is 2.20. The van der Waals surface area contributed by atoms with Crippen molar-refractivity contribution in [1.82, 2.24) is 9.88 Å². The molecule has 4 heteroatoms. The third-order valence-electron chi connectivity index (χ3n) is 3.71. The maximum atomic E-state index is 5.88. The van der Waals surface area contributed by atoms with E-state index in [1.165, 1.54) is 0 Å². The predicted molar refractivity (Wildman–Crippen MR) is 72.3 cm³/mol. The van der Waals surface area contributed by atoms with E-state index in [-0.39, 0.29) is 0 Å². The van der Waals surface area contributed by atoms with Gasteiger partial charge in [-0.05, 0) is 31.9 Å². The Labute approximate surface area is 109 Å². The molecule has 1 aliphatic heterocycles. The Morgan fingerprint density at radius 2 is 2.33 bits per heavy atom. The Morgan fingerprint density at radius 1 is 1.50 bits per heavy atom. The molecule has 2 heterocycles. The smallest absolute Gasteiger partial charge is 0.0599 e. The molecule has 18 heavy (non-hydrogen) atoms. The molecule has 2 rings (SSSR count). The number of nitrogens with two attached hydrogens (primary N) is 1. The fourth-order valence-electron chi connectivity index (χ4n) is 2.63. The van der Waals surface area contributed by atoms with Crippen molar-refractivity contribution in [1.29, 1.82) is 0 Å². The maximum Gasteiger partial charge on any atom is 0.0599 e. The van der Waals surface area contributed by atoms with Crippen LogP contribution in [0.4, 0.5) is 0 Å². The zero-order valence-electron chi connectivity index (χ0n) is 11.3. The van der Waals surface area contributed by atoms with Crippen molar-refractivity contribution >= 4 is 0 Å². The fourth-order valence-corrected chi connectivity index (χ4v) is 2.63. The van der Waals surface area contributed by atoms with Crippen LogP contribution >= 0.6 is 0 Å². The number of pyridine rings is 1. The first kappa shape index (κ1) is 13.5. The SMILES string of the molecule is COC1CCN(Cc2cccc(C)n2)C(CN)C1. The van der Waals surface area contributed by atoms with E-state index in [1.54, 1.807) is 7.11 Å². The van der Waals surface area contributed by atoms with Crippen LogP contribution in [0.2, 0.25) is 0 Å². The van der Waals surface area contributed by atoms with E-state index in [2.05, 4.69) is 22.0 Å². The van der Waals surface area contributed by atoms with Gasteiger partial charge in [0.25, 0.3) is 0 Å². The number of rotatable bonds is 4. The van der Waals surface area contributed by atoms with Gasteiger partial charge in [0.1, 0.15) is 0 Å². The van der Waals surface area contributed by atoms with Crippen LogP contribution < -0.4 is 5.73 Å². The van der Waals surface area contributed by atoms with Crippen LogP contribution in [0.1, 0.15) is 24.2 Å². The number of nitrogens with zero attached hydrogens (tertiary/aromatic N) is 2. The van der Waals surface area contributed by atoms with Gasteiger partial charge < -0.3 is 10.5 Å². The van der Waals surface area contributed by atoms with Crippen molar-refractivity contribution in [3.63, 3.8) is 0 Å². The molecule has 2 atom stereocenters. The molecule has 0 saturated carbocycles. The van der Waals surface area contributed by atoms with E-state index >= 15 is 0 Å². The second-order valence-electron chi connectivity index (χ2n) is 5.01. The first-order chi connectivity index (χ1) is 8.72. The van der Waals surface area contributed by atoms with Crippen molar-refractivity contribution in [3.05, 3.63) is 29.6 Å². The molecule has 0 spiro atoms. The van der Waals surface area contributed by atoms with Crippen LogP contribution in [-0.2, 0) is 11.3 Å². The molecule has 1 saturated heterocycles. The predicted octanol–water partition coefficient (Wildman–Crippen LogP) is 1.33. The zero-order valence-corrected chi connectivity index (χ0v) is 11.3. The van der Waals surface area contributed by atoms with Crippen molar-refractivity contribution in [2.24, 2.45) is 5.73 Å². The lowest BCUT2D eigenvalue weighted by Crippen LogP contribution is -2.48. The Hall–Kier alpha value is -0.970. The number of likely N-dealkylation sites (tertiary alicyclic amines) is 1. The summed E-state index contributed by atoms with van der Waals surface area (Å²) in [6, 6.07) is 6.59. The molecule has 2 N–H and O–H groups in total. The van der Waals surface area contributed by atoms with E-state index in [0.717, 1.165) is 37.3 Å². The lowest BCUT2D eigenvalue weighted by atomic mass is 9.99. The van der Waals surface area contributed by atoms with Crippen LogP contribution in [-0.4, -0.2) is 42.2 Å². The normalized spacial score (nSPS) is 25.3. The summed E-state index contributed by atoms with van der Waals surface area (Å²) in [6.45, 7) is 4.64. The van der Waals surface area contributed by atoms with E-state index in [0.29, 0.717) is 18.7 Å². The van der Waals surface area contributed by atoms with Crippen LogP contribution in [0.3, 0.4) is 0 Å². The molecule has 0 aromatic carbocycles. The van der Waals surface area contributed by atoms with Crippen molar-refractivity contribution < 1.29 is 4.74 Å². The number of methoxy groups -OCH3 is 1. The van der Waals surface area contributed by atoms with E-state index in [1.807, 2.05) is 13.0 Å². The summed E-state index contributed by atoms with van der Waals surface area (Å²) < 4.78 is 5.44. The number of hydrogen-bond donors (Lipinski definition) is 1. The molecule has 1 aliphatic rings. The molecule has 0 radical (unpaired) electrons. The molecule has 4 nitrogen and oxygen atoms in total. The minimum absolute atomic E-state index is 0.361. The highest BCUT2D eigenvalue weighted by Gasteiger charge is 2.27. The van der Waals surface area contributed by atoms with E-state index < -0.39 is 0 Å². The lowest BCUT2D eigenvalue weighted by Gasteiger charge is -2.38. The molecule has 0 aliphatic carbocycles. The van der Waals surface area contributed by atoms with Crippen LogP contribution in [0, 0.1) is 6.92 Å². The number of ether oxygens (including phenoxy) is 1. The Bertz CT molecular complexity index is 383. The van der Waals surface area contributed by atoms with Crippen LogP contribution in [0.15, 0.2) is 18.2 Å². The second kappa shape index (κ2) is 6.27. The molecular weight excluding hydrogens is 226 g/mol. The molecule has 100 valence electrons. The van der Waals surface area contributed by atoms with Gasteiger partial charge in [-0.25, -0.2) is 0 Å². The highest BCUT2D eigenvalue weighted by atomic mass is 16.5. The average molecular weight is 249 g/mol. The minimum Gasteiger partial charge on any atom is -0.381 e. The van der Waals surface area contributed by atoms with E-state index in [4.69, 9.17) is 10.5 Å². The molecule has 0 amide bonds. The quantitative estimate of drug-likeness (QED) is 0.874. The Kier molecular flexibility index (Phi) is 4.69. The number of hydrogen-bond acceptors (Lipinski definition) is 4. The van der Waals surface area contributed by atoms with E-state index in [9.17, 15) is 0 Å². The summed E-state index contributed by atoms with van der Waals surface area (Å²) >= 11 is 0. The number of aromatic nitrogens is 1. The monoisotopic (exact) mass is 249 g/mol. The fraction of sp³-hybridized carbons (Fsp3) is 0.643. The van der Waals surface area contributed by atoms with Crippen LogP contribution in [0.5, 0.6) is 0 Å². The van der Waals surface area contributed by atoms with Crippen molar-refractivity contribution in [3.8, 4) is 0 Å². The summed E-state index contributed by atoms with van der Waals surface area (Å²) in [5.41, 5.74) is 8.08. The first-order valence-electron chi connectivity index (χ1n) is 6.62. The van der Waals surface area contributed by atoms with Gasteiger partial charge in [-0.2, -0.15) is 0 Å². The van der Waals surface area contributed by atoms with Gasteiger partial charge >= 0.3 is 0 Å². The third-order valence-corrected chi connectivity index (χ3v) is 3.71. The van der Waals surface area contributed by atoms with Gasteiger partial charge in [-0.3, -0.25) is 9.88 Å². The van der Waals surface area contributed by atoms with Gasteiger partial charge in [0.2, 0.25) is 0 Å². The number of piperidine rings is 1. The largest absolute Gasteiger partial charge is 0.381 e. The highest BCUT2D eigenvalue weighted by molar-refractivity contribution is 5.10. The first-order valence-corrected chi connectivity index (χ1v) is 6.62. The van der Waals surface area contributed by atoms with Gasteiger partial charge in [-0.1, -0.05) is 6.07 Å². The standard InChI is InChI=1S/C14H23N3O/c1-11-4-3-5-12(16-11)10-17-7-6-14(18-2)8-13(17)9-15/h3-5,13-14H,6-10,15H2,1-2H3. The third kappa shape index (κ3) is 3.28. The minimum atomic E-state index is 0.361. The van der Waals surface area contributed by atoms with Gasteiger partial charge in [0.15, 0.2) is 0 Å². The van der Waals surface area contributed by atoms with Crippen LogP contribution in [0.25, 0.3) is 0 Å². The van der Waals surface area contributed by atoms with Gasteiger partial charge in [0.05, 0.1) is 11.8 Å². The molecule has 1 fully saturated rings. The van der Waals surface area contributed by atoms with Crippen molar-refractivity contribution in [2.45, 2.75) is 38.5 Å². The second-order valence-corrected chi connectivity index (χ2v) is 5.01. The summed E-state index contributed by atoms with van der Waals surface area (Å²) in [6.07, 6.45) is 2.47. The van der Waals surface area contributed by atoms with Gasteiger partial charge in [0, 0.05) is 38.5 Å². The summed E-state index contributed by atoms with van der Waals surface area (Å²) in [5, 5.41) is 0. The molecule has 2 unspecified atom stereocenters. The molecule has 0 bridgehead atoms. The van der Waals surface area contributed by atoms with Gasteiger partial charge in [-0.15, -0.1) is 0 Å². The Morgan fingerprint density at radius 3 is 3.00 bits per heavy atom. The lowest BCUT2D eigenvalue weighted by molar-refractivity contribution is 0.00977. The Balaban J connectivity index is 2.00.